The minimum absolute atomic E-state index is 0.102. The molecule has 0 N–H and O–H groups in total. The molecule has 21 heavy (non-hydrogen) atoms. The molecule has 0 aromatic heterocycles. The number of allylic oxidation sites excluding steroid dienone is 1. The van der Waals surface area contributed by atoms with Gasteiger partial charge in [0.1, 0.15) is 0 Å². The summed E-state index contributed by atoms with van der Waals surface area (Å²) in [6.07, 6.45) is 4.63. The third-order valence-electron chi connectivity index (χ3n) is 3.59. The molecule has 0 bridgehead atoms. The molecule has 0 fully saturated rings. The lowest BCUT2D eigenvalue weighted by atomic mass is 9.95. The first kappa shape index (κ1) is 13.4. The van der Waals surface area contributed by atoms with Crippen LogP contribution in [0.3, 0.4) is 0 Å². The first-order valence-electron chi connectivity index (χ1n) is 7.07. The van der Waals surface area contributed by atoms with Crippen LogP contribution < -0.4 is 0 Å². The maximum absolute atomic E-state index is 11.8. The molecule has 1 heterocycles. The van der Waals surface area contributed by atoms with E-state index in [1.165, 1.54) is 5.56 Å². The summed E-state index contributed by atoms with van der Waals surface area (Å²) in [7, 11) is 0. The average Bonchev–Trinajstić information content (AvgIpc) is 2.87. The van der Waals surface area contributed by atoms with E-state index in [4.69, 9.17) is 4.84 Å². The first-order valence-corrected chi connectivity index (χ1v) is 7.07. The van der Waals surface area contributed by atoms with Gasteiger partial charge in [-0.25, -0.2) is 0 Å². The molecule has 0 aliphatic carbocycles. The molecule has 1 unspecified atom stereocenters. The molecular formula is C18H17NO2. The van der Waals surface area contributed by atoms with E-state index in [2.05, 4.69) is 12.1 Å². The van der Waals surface area contributed by atoms with Gasteiger partial charge in [0.2, 0.25) is 5.71 Å². The van der Waals surface area contributed by atoms with Crippen LogP contribution in [0.2, 0.25) is 0 Å². The van der Waals surface area contributed by atoms with Gasteiger partial charge in [0, 0.05) is 11.0 Å². The van der Waals surface area contributed by atoms with Crippen LogP contribution >= 0.6 is 0 Å². The third kappa shape index (κ3) is 3.31. The molecule has 3 nitrogen and oxygen atoms in total. The van der Waals surface area contributed by atoms with Crippen molar-refractivity contribution in [1.82, 2.24) is 0 Å². The fourth-order valence-electron chi connectivity index (χ4n) is 2.47. The van der Waals surface area contributed by atoms with Gasteiger partial charge in [0.05, 0.1) is 12.5 Å². The fraction of sp³-hybridized carbons (Fsp3) is 0.167. The molecular weight excluding hydrogens is 262 g/mol. The van der Waals surface area contributed by atoms with Crippen LogP contribution in [-0.2, 0) is 11.3 Å². The molecule has 0 saturated carbocycles. The van der Waals surface area contributed by atoms with Gasteiger partial charge in [-0.1, -0.05) is 60.7 Å². The smallest absolute Gasteiger partial charge is 0.249 e. The van der Waals surface area contributed by atoms with Crippen molar-refractivity contribution in [3.8, 4) is 0 Å². The minimum atomic E-state index is 0.102. The highest BCUT2D eigenvalue weighted by Gasteiger charge is 2.29. The molecule has 3 rings (SSSR count). The van der Waals surface area contributed by atoms with Gasteiger partial charge in [-0.15, -0.1) is 0 Å². The Balaban J connectivity index is 1.76. The van der Waals surface area contributed by atoms with E-state index in [0.29, 0.717) is 17.2 Å². The Kier molecular flexibility index (Phi) is 4.01. The van der Waals surface area contributed by atoms with Gasteiger partial charge in [-0.3, -0.25) is 5.21 Å². The Morgan fingerprint density at radius 3 is 2.38 bits per heavy atom. The van der Waals surface area contributed by atoms with Gasteiger partial charge < -0.3 is 4.84 Å². The summed E-state index contributed by atoms with van der Waals surface area (Å²) in [4.78, 5) is 5.77. The van der Waals surface area contributed by atoms with E-state index in [0.717, 1.165) is 12.0 Å². The summed E-state index contributed by atoms with van der Waals surface area (Å²) in [5.74, 6) is 0.102. The predicted octanol–water partition coefficient (Wildman–Crippen LogP) is 3.46. The summed E-state index contributed by atoms with van der Waals surface area (Å²) in [6, 6.07) is 20.1. The molecule has 1 aliphatic heterocycles. The van der Waals surface area contributed by atoms with Crippen molar-refractivity contribution in [2.75, 3.05) is 6.61 Å². The summed E-state index contributed by atoms with van der Waals surface area (Å²) in [5.41, 5.74) is 2.97. The molecule has 0 spiro atoms. The topological polar surface area (TPSA) is 35.3 Å². The molecule has 3 heteroatoms. The van der Waals surface area contributed by atoms with Crippen molar-refractivity contribution in [3.05, 3.63) is 83.1 Å². The second-order valence-electron chi connectivity index (χ2n) is 5.11. The lowest BCUT2D eigenvalue weighted by Gasteiger charge is -2.05. The van der Waals surface area contributed by atoms with Crippen LogP contribution in [-0.4, -0.2) is 17.2 Å². The highest BCUT2D eigenvalue weighted by molar-refractivity contribution is 5.97. The molecule has 2 aromatic carbocycles. The van der Waals surface area contributed by atoms with E-state index >= 15 is 0 Å². The monoisotopic (exact) mass is 279 g/mol. The van der Waals surface area contributed by atoms with Gasteiger partial charge in [-0.2, -0.15) is 0 Å². The second kappa shape index (κ2) is 6.27. The third-order valence-corrected chi connectivity index (χ3v) is 3.59. The van der Waals surface area contributed by atoms with Crippen LogP contribution in [0, 0.1) is 11.1 Å². The Morgan fingerprint density at radius 2 is 1.67 bits per heavy atom. The zero-order valence-corrected chi connectivity index (χ0v) is 11.7. The van der Waals surface area contributed by atoms with Gasteiger partial charge in [0.25, 0.3) is 0 Å². The Labute approximate surface area is 124 Å². The maximum atomic E-state index is 11.8. The molecule has 2 aromatic rings. The SMILES string of the molecule is [O-][N+]1=C(/C=C/c2ccccc2)C(Cc2ccccc2)CO1. The number of hydrogen-bond acceptors (Lipinski definition) is 2. The van der Waals surface area contributed by atoms with Gasteiger partial charge >= 0.3 is 0 Å². The lowest BCUT2D eigenvalue weighted by Crippen LogP contribution is -2.16. The van der Waals surface area contributed by atoms with Gasteiger partial charge in [-0.05, 0) is 23.6 Å². The lowest BCUT2D eigenvalue weighted by molar-refractivity contribution is -0.730. The highest BCUT2D eigenvalue weighted by atomic mass is 16.9. The van der Waals surface area contributed by atoms with Crippen molar-refractivity contribution in [2.24, 2.45) is 5.92 Å². The van der Waals surface area contributed by atoms with Crippen LogP contribution in [0.15, 0.2) is 66.7 Å². The van der Waals surface area contributed by atoms with Crippen LogP contribution in [0.25, 0.3) is 6.08 Å². The quantitative estimate of drug-likeness (QED) is 0.803. The van der Waals surface area contributed by atoms with Crippen LogP contribution in [0.4, 0.5) is 0 Å². The molecule has 0 amide bonds. The van der Waals surface area contributed by atoms with Crippen molar-refractivity contribution in [2.45, 2.75) is 6.42 Å². The molecule has 0 radical (unpaired) electrons. The normalized spacial score (nSPS) is 18.2. The second-order valence-corrected chi connectivity index (χ2v) is 5.11. The first-order chi connectivity index (χ1) is 10.3. The van der Waals surface area contributed by atoms with Crippen LogP contribution in [0.5, 0.6) is 0 Å². The van der Waals surface area contributed by atoms with E-state index < -0.39 is 0 Å². The number of rotatable bonds is 4. The van der Waals surface area contributed by atoms with Crippen molar-refractivity contribution in [3.63, 3.8) is 0 Å². The van der Waals surface area contributed by atoms with Crippen LogP contribution in [0.1, 0.15) is 11.1 Å². The maximum Gasteiger partial charge on any atom is 0.249 e. The summed E-state index contributed by atoms with van der Waals surface area (Å²) in [5, 5.41) is 11.8. The average molecular weight is 279 g/mol. The van der Waals surface area contributed by atoms with E-state index in [1.807, 2.05) is 60.7 Å². The molecule has 1 aliphatic rings. The largest absolute Gasteiger partial charge is 0.402 e. The standard InChI is InChI=1S/C18H17NO2/c20-19-18(12-11-15-7-3-1-4-8-15)17(14-21-19)13-16-9-5-2-6-10-16/h1-12,17H,13-14H2/b12-11+. The van der Waals surface area contributed by atoms with E-state index in [1.54, 1.807) is 0 Å². The van der Waals surface area contributed by atoms with Crippen molar-refractivity contribution < 1.29 is 9.74 Å². The summed E-state index contributed by atoms with van der Waals surface area (Å²) < 4.78 is 0. The summed E-state index contributed by atoms with van der Waals surface area (Å²) in [6.45, 7) is 0.437. The number of benzene rings is 2. The Hall–Kier alpha value is -2.55. The predicted molar refractivity (Wildman–Crippen MR) is 83.7 cm³/mol. The fourth-order valence-corrected chi connectivity index (χ4v) is 2.47. The Morgan fingerprint density at radius 1 is 1.00 bits per heavy atom. The van der Waals surface area contributed by atoms with E-state index in [9.17, 15) is 5.21 Å². The molecule has 0 saturated heterocycles. The Bertz CT molecular complexity index is 647. The molecule has 106 valence electrons. The van der Waals surface area contributed by atoms with Crippen molar-refractivity contribution >= 4 is 11.8 Å². The number of nitrogens with zero attached hydrogens (tertiary/aromatic N) is 1. The minimum Gasteiger partial charge on any atom is -0.402 e. The highest BCUT2D eigenvalue weighted by Crippen LogP contribution is 2.17. The zero-order valence-electron chi connectivity index (χ0n) is 11.7. The molecule has 1 atom stereocenters. The summed E-state index contributed by atoms with van der Waals surface area (Å²) >= 11 is 0. The van der Waals surface area contributed by atoms with E-state index in [-0.39, 0.29) is 5.92 Å². The number of hydrogen-bond donors (Lipinski definition) is 0. The zero-order chi connectivity index (χ0) is 14.5. The van der Waals surface area contributed by atoms with Crippen molar-refractivity contribution in [1.29, 1.82) is 0 Å². The van der Waals surface area contributed by atoms with Gasteiger partial charge in [0.15, 0.2) is 0 Å².